The van der Waals surface area contributed by atoms with Gasteiger partial charge in [-0.25, -0.2) is 0 Å². The third kappa shape index (κ3) is 59.5. The fourth-order valence-corrected chi connectivity index (χ4v) is 13.9. The third-order valence-electron chi connectivity index (χ3n) is 18.4. The number of phenolic OH excluding ortho intramolecular Hbond substituents is 1. The van der Waals surface area contributed by atoms with Crippen LogP contribution >= 0.6 is 7.60 Å². The summed E-state index contributed by atoms with van der Waals surface area (Å²) in [6.07, 6.45) is 9.46. The Kier molecular flexibility index (Phi) is 52.6. The van der Waals surface area contributed by atoms with E-state index in [1.165, 1.54) is 0 Å². The van der Waals surface area contributed by atoms with Gasteiger partial charge in [0.05, 0.1) is 125 Å². The van der Waals surface area contributed by atoms with Gasteiger partial charge in [0.1, 0.15) is 11.8 Å². The second-order valence-electron chi connectivity index (χ2n) is 43.0. The summed E-state index contributed by atoms with van der Waals surface area (Å²) in [5.74, 6) is 0.0954. The molecule has 3 aliphatic rings. The molecule has 1 aromatic carbocycles. The molecule has 26 nitrogen and oxygen atoms in total. The lowest BCUT2D eigenvalue weighted by atomic mass is 9.60. The first-order chi connectivity index (χ1) is 53.4. The van der Waals surface area contributed by atoms with Crippen molar-refractivity contribution in [2.45, 2.75) is 386 Å². The maximum atomic E-state index is 12.5. The first kappa shape index (κ1) is 117. The van der Waals surface area contributed by atoms with E-state index in [0.29, 0.717) is 58.3 Å². The van der Waals surface area contributed by atoms with Gasteiger partial charge in [-0.1, -0.05) is 45.1 Å². The number of benzene rings is 1. The van der Waals surface area contributed by atoms with E-state index in [-0.39, 0.29) is 159 Å². The molecule has 1 saturated carbocycles. The van der Waals surface area contributed by atoms with Crippen LogP contribution in [0.2, 0.25) is 0 Å². The fraction of sp³-hybridized carbons (Fsp3) is 0.879. The molecule has 1 saturated heterocycles. The lowest BCUT2D eigenvalue weighted by Gasteiger charge is -2.45. The highest BCUT2D eigenvalue weighted by Crippen LogP contribution is 2.55. The Morgan fingerprint density at radius 1 is 0.551 bits per heavy atom. The van der Waals surface area contributed by atoms with Gasteiger partial charge in [-0.3, -0.25) is 29.2 Å². The quantitative estimate of drug-likeness (QED) is 0.0167. The number of carbonyl (C=O) groups excluding carboxylic acids is 3. The van der Waals surface area contributed by atoms with Crippen LogP contribution in [0.25, 0.3) is 0 Å². The summed E-state index contributed by atoms with van der Waals surface area (Å²) in [6, 6.07) is 6.20. The van der Waals surface area contributed by atoms with Crippen LogP contribution in [0.15, 0.2) is 36.4 Å². The Hall–Kier alpha value is -3.32. The molecule has 2 fully saturated rings. The molecule has 2 aliphatic carbocycles. The number of allylic oxidation sites excluding steroid dienone is 2. The zero-order valence-corrected chi connectivity index (χ0v) is 82.0. The van der Waals surface area contributed by atoms with Gasteiger partial charge >= 0.3 is 7.60 Å². The molecule has 0 spiro atoms. The minimum atomic E-state index is -3.18. The molecule has 10 atom stereocenters. The molecule has 7 unspecified atom stereocenters. The normalized spacial score (nSPS) is 20.5. The SMILES string of the molecule is CC(C)(C)CCCNC(=O)C(O)COC(C)(C)C.CC(C)(C)NC1CC(COC(C)(C)C)CC1O.CC(C)(C)N[C@@H](Cc1ccc(O)cc1)C(=O)NCCOC(C)(C)C.CC(C)OCC12CC=CCC1(CO)CN(C(C)(C)C)C2.CC(C)OCCOP(=O)(CCNC(C)(C)C)OCCO.C[C@@H](O)[C@H](NC(C)(C)C)C(=O)NCCOC(C)(C)C. The average Bonchev–Trinajstić information content (AvgIpc) is 1.57. The zero-order chi connectivity index (χ0) is 92.0. The number of ether oxygens (including phenoxy) is 6. The smallest absolute Gasteiger partial charge is 0.332 e. The van der Waals surface area contributed by atoms with Crippen LogP contribution in [0, 0.1) is 22.2 Å². The molecule has 4 rings (SSSR count). The summed E-state index contributed by atoms with van der Waals surface area (Å²) in [4.78, 5) is 38.6. The van der Waals surface area contributed by atoms with Gasteiger partial charge in [-0.05, 0) is 296 Å². The van der Waals surface area contributed by atoms with Crippen LogP contribution in [-0.2, 0) is 62.8 Å². The predicted molar refractivity (Wildman–Crippen MR) is 482 cm³/mol. The van der Waals surface area contributed by atoms with Crippen LogP contribution in [-0.4, -0.2) is 264 Å². The van der Waals surface area contributed by atoms with Gasteiger partial charge in [-0.2, -0.15) is 0 Å². The Morgan fingerprint density at radius 3 is 1.47 bits per heavy atom. The van der Waals surface area contributed by atoms with Gasteiger partial charge in [-0.15, -0.1) is 0 Å². The van der Waals surface area contributed by atoms with Crippen molar-refractivity contribution in [2.24, 2.45) is 22.2 Å². The Labute approximate surface area is 718 Å². The monoisotopic (exact) mass is 1710 g/mol. The average molecular weight is 1710 g/mol. The Bertz CT molecular complexity index is 2940. The number of hydrogen-bond acceptors (Lipinski definition) is 23. The lowest BCUT2D eigenvalue weighted by molar-refractivity contribution is -0.135. The molecule has 1 heterocycles. The first-order valence-electron chi connectivity index (χ1n) is 43.4. The van der Waals surface area contributed by atoms with Crippen LogP contribution in [0.3, 0.4) is 0 Å². The first-order valence-corrected chi connectivity index (χ1v) is 45.1. The number of fused-ring (bicyclic) bond motifs is 1. The van der Waals surface area contributed by atoms with Crippen LogP contribution in [0.1, 0.15) is 286 Å². The largest absolute Gasteiger partial charge is 0.508 e. The minimum absolute atomic E-state index is 0.0117. The molecule has 0 radical (unpaired) electrons. The fourth-order valence-electron chi connectivity index (χ4n) is 12.5. The molecule has 0 bridgehead atoms. The van der Waals surface area contributed by atoms with Crippen LogP contribution < -0.4 is 37.2 Å². The number of hydrogen-bond donors (Lipinski definition) is 13. The molecule has 118 heavy (non-hydrogen) atoms. The van der Waals surface area contributed by atoms with E-state index in [9.17, 15) is 44.5 Å². The summed E-state index contributed by atoms with van der Waals surface area (Å²) < 4.78 is 56.6. The van der Waals surface area contributed by atoms with Gasteiger partial charge < -0.3 is 100 Å². The summed E-state index contributed by atoms with van der Waals surface area (Å²) in [7, 11) is -3.18. The second-order valence-corrected chi connectivity index (χ2v) is 45.1. The number of phenols is 1. The number of aromatic hydroxyl groups is 1. The number of aliphatic hydroxyl groups excluding tert-OH is 5. The number of nitrogens with zero attached hydrogens (tertiary/aromatic N) is 1. The number of likely N-dealkylation sites (tertiary alicyclic amines) is 1. The van der Waals surface area contributed by atoms with Crippen LogP contribution in [0.4, 0.5) is 0 Å². The zero-order valence-electron chi connectivity index (χ0n) is 81.1. The van der Waals surface area contributed by atoms with Crippen molar-refractivity contribution >= 4 is 25.3 Å². The molecule has 0 aromatic heterocycles. The number of amides is 3. The van der Waals surface area contributed by atoms with Crippen molar-refractivity contribution in [3.8, 4) is 5.75 Å². The number of nitrogens with one attached hydrogen (secondary N) is 7. The number of aliphatic hydroxyl groups is 5. The number of rotatable bonds is 37. The molecular weight excluding hydrogens is 1520 g/mol. The summed E-state index contributed by atoms with van der Waals surface area (Å²) in [5, 5.41) is 79.3. The van der Waals surface area contributed by atoms with Crippen molar-refractivity contribution in [1.82, 2.24) is 42.1 Å². The van der Waals surface area contributed by atoms with Crippen molar-refractivity contribution < 1.29 is 87.1 Å². The highest BCUT2D eigenvalue weighted by Gasteiger charge is 2.59. The Morgan fingerprint density at radius 2 is 1.03 bits per heavy atom. The topological polar surface area (TPSA) is 351 Å². The summed E-state index contributed by atoms with van der Waals surface area (Å²) in [6.45, 7) is 78.4. The molecule has 27 heteroatoms. The third-order valence-corrected chi connectivity index (χ3v) is 20.3. The highest BCUT2D eigenvalue weighted by atomic mass is 31.2. The van der Waals surface area contributed by atoms with Gasteiger partial charge in [0, 0.05) is 83.8 Å². The van der Waals surface area contributed by atoms with E-state index in [1.54, 1.807) is 19.1 Å². The van der Waals surface area contributed by atoms with E-state index in [1.807, 2.05) is 151 Å². The van der Waals surface area contributed by atoms with Gasteiger partial charge in [0.15, 0.2) is 6.10 Å². The van der Waals surface area contributed by atoms with E-state index in [4.69, 9.17) is 42.6 Å². The van der Waals surface area contributed by atoms with Gasteiger partial charge in [0.25, 0.3) is 5.91 Å². The minimum Gasteiger partial charge on any atom is -0.508 e. The standard InChI is InChI=1S/C19H32N2O3.C17H31NO2.C14H30N2O3.C14H29NO3.C14H29NO2.C13H30NO5P/c1-18(2,3)21-16(13-14-7-9-15(22)10-8-14)17(23)20-11-12-24-19(4,5)6;1-14(2)20-13-17-9-7-6-8-16(17,12-19)10-18(11-17)15(3,4)5;1-10(17)11(16-13(2,3)4)12(18)15-8-9-19-14(5,6)7;1-13(2,3)8-7-9-15-12(17)11(16)10-18-14(4,5)6;1-13(2,3)15-11-7-10(8-12(11)16)9-17-14(4,5)6;1-12(2)17-9-10-19-20(16,18-8-7-15)11-6-14-13(3,4)5/h7-10,16,21-22H,11-13H2,1-6H3,(H,20,23);6-7,14,19H,8-13H2,1-5H3;10-11,16-17H,8-9H2,1-7H3,(H,15,18);11,16H,7-10H2,1-6H3,(H,15,17);10-12,15-16H,7-9H2,1-6H3;12,14-15H,6-11H2,1-5H3/t16-;;10-,11+;;;/m0.1.../s1. The lowest BCUT2D eigenvalue weighted by Crippen LogP contribution is -2.56. The highest BCUT2D eigenvalue weighted by molar-refractivity contribution is 7.53. The molecule has 1 aromatic rings. The molecule has 698 valence electrons. The molecular formula is C91H181N8O18P. The summed E-state index contributed by atoms with van der Waals surface area (Å²) in [5.41, 5.74) is 0.193. The van der Waals surface area contributed by atoms with Crippen molar-refractivity contribution in [2.75, 3.05) is 111 Å². The van der Waals surface area contributed by atoms with E-state index < -0.39 is 25.8 Å². The van der Waals surface area contributed by atoms with Crippen LogP contribution in [0.5, 0.6) is 5.75 Å². The van der Waals surface area contributed by atoms with Crippen molar-refractivity contribution in [1.29, 1.82) is 0 Å². The van der Waals surface area contributed by atoms with E-state index >= 15 is 0 Å². The molecule has 13 N–H and O–H groups in total. The number of carbonyl (C=O) groups is 3. The molecule has 1 aliphatic heterocycles. The van der Waals surface area contributed by atoms with Gasteiger partial charge in [0.2, 0.25) is 11.8 Å². The maximum absolute atomic E-state index is 12.5. The summed E-state index contributed by atoms with van der Waals surface area (Å²) >= 11 is 0. The second kappa shape index (κ2) is 53.2. The molecule has 3 amide bonds. The van der Waals surface area contributed by atoms with E-state index in [0.717, 1.165) is 70.4 Å². The van der Waals surface area contributed by atoms with E-state index in [2.05, 4.69) is 151 Å². The van der Waals surface area contributed by atoms with Crippen molar-refractivity contribution in [3.05, 3.63) is 42.0 Å². The predicted octanol–water partition coefficient (Wildman–Crippen LogP) is 13.0. The maximum Gasteiger partial charge on any atom is 0.332 e. The Balaban J connectivity index is 0. The van der Waals surface area contributed by atoms with Crippen molar-refractivity contribution in [3.63, 3.8) is 0 Å².